The zero-order chi connectivity index (χ0) is 11.4. The molecule has 6 nitrogen and oxygen atoms in total. The number of nitrogens with one attached hydrogen (secondary N) is 1. The molecule has 0 bridgehead atoms. The summed E-state index contributed by atoms with van der Waals surface area (Å²) in [6.45, 7) is 0.467. The molecule has 0 aliphatic heterocycles. The molecule has 0 aromatic carbocycles. The molecule has 3 N–H and O–H groups in total. The van der Waals surface area contributed by atoms with Gasteiger partial charge in [0.25, 0.3) is 0 Å². The van der Waals surface area contributed by atoms with Crippen molar-refractivity contribution in [2.75, 3.05) is 5.32 Å². The Morgan fingerprint density at radius 1 is 1.62 bits per heavy atom. The van der Waals surface area contributed by atoms with E-state index < -0.39 is 0 Å². The van der Waals surface area contributed by atoms with E-state index in [1.54, 1.807) is 6.20 Å². The summed E-state index contributed by atoms with van der Waals surface area (Å²) in [5.74, 6) is -0.133. The van der Waals surface area contributed by atoms with Gasteiger partial charge in [0.1, 0.15) is 6.54 Å². The van der Waals surface area contributed by atoms with Crippen molar-refractivity contribution in [3.8, 4) is 0 Å². The summed E-state index contributed by atoms with van der Waals surface area (Å²) in [4.78, 5) is 11.6. The fourth-order valence-electron chi connectivity index (χ4n) is 1.19. The summed E-state index contributed by atoms with van der Waals surface area (Å²) in [6.07, 6.45) is 1.66. The van der Waals surface area contributed by atoms with Gasteiger partial charge in [0.2, 0.25) is 5.91 Å². The van der Waals surface area contributed by atoms with Crippen LogP contribution >= 0.6 is 11.3 Å². The van der Waals surface area contributed by atoms with Crippen molar-refractivity contribution in [2.24, 2.45) is 5.73 Å². The first kappa shape index (κ1) is 10.8. The number of rotatable bonds is 4. The van der Waals surface area contributed by atoms with Gasteiger partial charge in [0.05, 0.1) is 17.6 Å². The largest absolute Gasteiger partial charge is 0.325 e. The van der Waals surface area contributed by atoms with E-state index in [0.717, 1.165) is 5.69 Å². The van der Waals surface area contributed by atoms with Crippen LogP contribution in [0.15, 0.2) is 23.0 Å². The minimum absolute atomic E-state index is 0.133. The van der Waals surface area contributed by atoms with Crippen LogP contribution in [0.1, 0.15) is 5.69 Å². The van der Waals surface area contributed by atoms with Gasteiger partial charge < -0.3 is 11.1 Å². The topological polar surface area (TPSA) is 85.8 Å². The maximum atomic E-state index is 11.6. The average Bonchev–Trinajstić information content (AvgIpc) is 2.89. The van der Waals surface area contributed by atoms with E-state index in [1.807, 2.05) is 16.8 Å². The molecule has 0 saturated heterocycles. The number of hydrogen-bond donors (Lipinski definition) is 2. The van der Waals surface area contributed by atoms with Gasteiger partial charge in [-0.2, -0.15) is 11.3 Å². The molecule has 16 heavy (non-hydrogen) atoms. The summed E-state index contributed by atoms with van der Waals surface area (Å²) in [5.41, 5.74) is 6.86. The van der Waals surface area contributed by atoms with Crippen LogP contribution in [-0.4, -0.2) is 20.9 Å². The highest BCUT2D eigenvalue weighted by Gasteiger charge is 2.05. The van der Waals surface area contributed by atoms with Gasteiger partial charge in [-0.25, -0.2) is 4.68 Å². The summed E-state index contributed by atoms with van der Waals surface area (Å²) in [6, 6.07) is 1.84. The molecule has 1 amide bonds. The zero-order valence-electron chi connectivity index (χ0n) is 8.46. The molecule has 2 heterocycles. The molecule has 0 radical (unpaired) electrons. The number of carbonyl (C=O) groups excluding carboxylic acids is 1. The van der Waals surface area contributed by atoms with Crippen LogP contribution in [-0.2, 0) is 17.9 Å². The molecule has 84 valence electrons. The highest BCUT2D eigenvalue weighted by molar-refractivity contribution is 7.08. The zero-order valence-corrected chi connectivity index (χ0v) is 9.28. The van der Waals surface area contributed by atoms with Crippen LogP contribution in [0, 0.1) is 0 Å². The molecule has 7 heteroatoms. The first-order valence-corrected chi connectivity index (χ1v) is 5.63. The number of aromatic nitrogens is 3. The van der Waals surface area contributed by atoms with Crippen LogP contribution in [0.2, 0.25) is 0 Å². The van der Waals surface area contributed by atoms with Gasteiger partial charge in [-0.05, 0) is 11.4 Å². The van der Waals surface area contributed by atoms with Crippen LogP contribution < -0.4 is 11.1 Å². The maximum Gasteiger partial charge on any atom is 0.246 e. The molecule has 0 saturated carbocycles. The number of amides is 1. The average molecular weight is 237 g/mol. The lowest BCUT2D eigenvalue weighted by Gasteiger charge is -2.01. The first-order chi connectivity index (χ1) is 7.78. The number of carbonyl (C=O) groups is 1. The van der Waals surface area contributed by atoms with E-state index in [4.69, 9.17) is 5.73 Å². The monoisotopic (exact) mass is 237 g/mol. The summed E-state index contributed by atoms with van der Waals surface area (Å²) in [5, 5.41) is 14.1. The number of hydrogen-bond acceptors (Lipinski definition) is 5. The predicted molar refractivity (Wildman–Crippen MR) is 60.9 cm³/mol. The minimum atomic E-state index is -0.133. The fourth-order valence-corrected chi connectivity index (χ4v) is 1.78. The summed E-state index contributed by atoms with van der Waals surface area (Å²) < 4.78 is 1.46. The highest BCUT2D eigenvalue weighted by Crippen LogP contribution is 2.11. The van der Waals surface area contributed by atoms with E-state index >= 15 is 0 Å². The van der Waals surface area contributed by atoms with Crippen LogP contribution in [0.3, 0.4) is 0 Å². The molecule has 0 spiro atoms. The third kappa shape index (κ3) is 2.65. The van der Waals surface area contributed by atoms with Crippen molar-refractivity contribution in [3.63, 3.8) is 0 Å². The molecule has 0 unspecified atom stereocenters. The maximum absolute atomic E-state index is 11.6. The normalized spacial score (nSPS) is 10.3. The highest BCUT2D eigenvalue weighted by atomic mass is 32.1. The van der Waals surface area contributed by atoms with E-state index in [-0.39, 0.29) is 12.5 Å². The third-order valence-electron chi connectivity index (χ3n) is 1.91. The molecule has 0 fully saturated rings. The number of nitrogens with zero attached hydrogens (tertiary/aromatic N) is 3. The SMILES string of the molecule is NCc1cn(CC(=O)Nc2ccsc2)nn1. The number of thiophene rings is 1. The third-order valence-corrected chi connectivity index (χ3v) is 2.59. The van der Waals surface area contributed by atoms with Gasteiger partial charge in [0.15, 0.2) is 0 Å². The first-order valence-electron chi connectivity index (χ1n) is 4.69. The lowest BCUT2D eigenvalue weighted by Crippen LogP contribution is -2.18. The van der Waals surface area contributed by atoms with Crippen molar-refractivity contribution in [1.29, 1.82) is 0 Å². The Kier molecular flexibility index (Phi) is 3.28. The van der Waals surface area contributed by atoms with Crippen LogP contribution in [0.4, 0.5) is 5.69 Å². The van der Waals surface area contributed by atoms with E-state index in [0.29, 0.717) is 12.2 Å². The molecule has 0 atom stereocenters. The number of anilines is 1. The van der Waals surface area contributed by atoms with Crippen molar-refractivity contribution in [1.82, 2.24) is 15.0 Å². The van der Waals surface area contributed by atoms with Crippen molar-refractivity contribution in [3.05, 3.63) is 28.7 Å². The van der Waals surface area contributed by atoms with Crippen molar-refractivity contribution in [2.45, 2.75) is 13.1 Å². The standard InChI is InChI=1S/C9H11N5OS/c10-3-8-4-14(13-12-8)5-9(15)11-7-1-2-16-6-7/h1-2,4,6H,3,5,10H2,(H,11,15). The molecule has 2 rings (SSSR count). The quantitative estimate of drug-likeness (QED) is 0.807. The van der Waals surface area contributed by atoms with E-state index in [9.17, 15) is 4.79 Å². The molecular weight excluding hydrogens is 226 g/mol. The van der Waals surface area contributed by atoms with Gasteiger partial charge in [0, 0.05) is 11.9 Å². The van der Waals surface area contributed by atoms with Gasteiger partial charge >= 0.3 is 0 Å². The Morgan fingerprint density at radius 2 is 2.50 bits per heavy atom. The molecule has 0 aliphatic rings. The Hall–Kier alpha value is -1.73. The Balaban J connectivity index is 1.92. The Morgan fingerprint density at radius 3 is 3.12 bits per heavy atom. The second-order valence-electron chi connectivity index (χ2n) is 3.17. The fraction of sp³-hybridized carbons (Fsp3) is 0.222. The summed E-state index contributed by atoms with van der Waals surface area (Å²) in [7, 11) is 0. The number of nitrogens with two attached hydrogens (primary N) is 1. The Labute approximate surface area is 96.1 Å². The second kappa shape index (κ2) is 4.86. The molecule has 2 aromatic rings. The second-order valence-corrected chi connectivity index (χ2v) is 3.95. The lowest BCUT2D eigenvalue weighted by atomic mass is 10.4. The van der Waals surface area contributed by atoms with Crippen LogP contribution in [0.5, 0.6) is 0 Å². The molecule has 0 aliphatic carbocycles. The minimum Gasteiger partial charge on any atom is -0.325 e. The van der Waals surface area contributed by atoms with Crippen molar-refractivity contribution >= 4 is 22.9 Å². The molecular formula is C9H11N5OS. The van der Waals surface area contributed by atoms with Gasteiger partial charge in [-0.3, -0.25) is 4.79 Å². The summed E-state index contributed by atoms with van der Waals surface area (Å²) >= 11 is 1.53. The smallest absolute Gasteiger partial charge is 0.246 e. The van der Waals surface area contributed by atoms with Crippen molar-refractivity contribution < 1.29 is 4.79 Å². The van der Waals surface area contributed by atoms with E-state index in [2.05, 4.69) is 15.6 Å². The Bertz CT molecular complexity index is 464. The van der Waals surface area contributed by atoms with E-state index in [1.165, 1.54) is 16.0 Å². The van der Waals surface area contributed by atoms with Crippen LogP contribution in [0.25, 0.3) is 0 Å². The van der Waals surface area contributed by atoms with Gasteiger partial charge in [-0.15, -0.1) is 5.10 Å². The van der Waals surface area contributed by atoms with Gasteiger partial charge in [-0.1, -0.05) is 5.21 Å². The lowest BCUT2D eigenvalue weighted by molar-refractivity contribution is -0.116. The predicted octanol–water partition coefficient (Wildman–Crippen LogP) is 0.437. The molecule has 2 aromatic heterocycles.